The molecule has 3 aromatic rings. The van der Waals surface area contributed by atoms with Crippen LogP contribution >= 0.6 is 11.6 Å². The molecule has 0 aliphatic heterocycles. The number of aryl methyl sites for hydroxylation is 1. The van der Waals surface area contributed by atoms with E-state index < -0.39 is 23.8 Å². The second-order valence-corrected chi connectivity index (χ2v) is 11.4. The molecule has 1 saturated carbocycles. The number of carbonyl (C=O) groups is 2. The number of carbonyl (C=O) groups excluding carboxylic acids is 1. The largest absolute Gasteiger partial charge is 0.492 e. The summed E-state index contributed by atoms with van der Waals surface area (Å²) in [4.78, 5) is 32.3. The van der Waals surface area contributed by atoms with E-state index in [0.29, 0.717) is 59.8 Å². The maximum atomic E-state index is 14.2. The molecule has 4 rings (SSSR count). The van der Waals surface area contributed by atoms with E-state index in [1.165, 1.54) is 12.1 Å². The molecular weight excluding hydrogens is 564 g/mol. The monoisotopic (exact) mass is 599 g/mol. The SMILES string of the molecule is Cc1ccc(-c2ccc(C(=O)NC3(C(=O)O)CCCCC3)nc2-c2ccc(Cl)c(OCCCN(C)C)c2)c(C(F)F)c1. The zero-order valence-corrected chi connectivity index (χ0v) is 24.8. The van der Waals surface area contributed by atoms with Crippen molar-refractivity contribution in [3.63, 3.8) is 0 Å². The molecular formula is C32H36ClF2N3O4. The first-order chi connectivity index (χ1) is 20.0. The predicted molar refractivity (Wildman–Crippen MR) is 159 cm³/mol. The lowest BCUT2D eigenvalue weighted by Gasteiger charge is -2.33. The smallest absolute Gasteiger partial charge is 0.329 e. The molecule has 0 spiro atoms. The third kappa shape index (κ3) is 7.25. The minimum atomic E-state index is -2.74. The minimum absolute atomic E-state index is 0.0194. The Bertz CT molecular complexity index is 1440. The number of rotatable bonds is 11. The summed E-state index contributed by atoms with van der Waals surface area (Å²) in [6.45, 7) is 2.97. The number of carboxylic acids is 1. The molecule has 224 valence electrons. The van der Waals surface area contributed by atoms with Crippen LogP contribution in [0.3, 0.4) is 0 Å². The van der Waals surface area contributed by atoms with E-state index in [2.05, 4.69) is 10.3 Å². The average Bonchev–Trinajstić information content (AvgIpc) is 2.96. The number of alkyl halides is 2. The Labute approximate surface area is 249 Å². The van der Waals surface area contributed by atoms with Gasteiger partial charge in [0.15, 0.2) is 0 Å². The second-order valence-electron chi connectivity index (χ2n) is 11.0. The predicted octanol–water partition coefficient (Wildman–Crippen LogP) is 7.16. The van der Waals surface area contributed by atoms with Crippen LogP contribution in [0, 0.1) is 6.92 Å². The number of amides is 1. The van der Waals surface area contributed by atoms with Crippen molar-refractivity contribution in [3.8, 4) is 28.1 Å². The van der Waals surface area contributed by atoms with E-state index in [9.17, 15) is 23.5 Å². The summed E-state index contributed by atoms with van der Waals surface area (Å²) >= 11 is 6.43. The first kappa shape index (κ1) is 31.4. The summed E-state index contributed by atoms with van der Waals surface area (Å²) in [6, 6.07) is 12.8. The molecule has 1 fully saturated rings. The number of carboxylic acid groups (broad SMARTS) is 1. The standard InChI is InChI=1S/C32H36ClF2N3O4/c1-20-8-10-22(24(18-20)29(34)35)23-11-13-26(30(39)37-32(31(40)41)14-5-4-6-15-32)36-28(23)21-9-12-25(33)27(19-21)42-17-7-16-38(2)3/h8-13,18-19,29H,4-7,14-17H2,1-3H3,(H,37,39)(H,40,41). The van der Waals surface area contributed by atoms with Gasteiger partial charge >= 0.3 is 5.97 Å². The van der Waals surface area contributed by atoms with Gasteiger partial charge in [0, 0.05) is 23.2 Å². The van der Waals surface area contributed by atoms with Crippen LogP contribution in [0.2, 0.25) is 5.02 Å². The Balaban J connectivity index is 1.79. The van der Waals surface area contributed by atoms with Gasteiger partial charge in [0.25, 0.3) is 12.3 Å². The van der Waals surface area contributed by atoms with Crippen LogP contribution in [0.1, 0.15) is 66.6 Å². The summed E-state index contributed by atoms with van der Waals surface area (Å²) in [5.41, 5.74) is 0.602. The first-order valence-corrected chi connectivity index (χ1v) is 14.4. The highest BCUT2D eigenvalue weighted by Gasteiger charge is 2.41. The number of hydrogen-bond acceptors (Lipinski definition) is 5. The fraction of sp³-hybridized carbons (Fsp3) is 0.406. The van der Waals surface area contributed by atoms with E-state index in [1.807, 2.05) is 19.0 Å². The molecule has 0 atom stereocenters. The number of benzene rings is 2. The Morgan fingerprint density at radius 2 is 1.79 bits per heavy atom. The molecule has 0 unspecified atom stereocenters. The molecule has 1 aromatic heterocycles. The van der Waals surface area contributed by atoms with Crippen molar-refractivity contribution in [2.45, 2.75) is 57.4 Å². The average molecular weight is 600 g/mol. The summed E-state index contributed by atoms with van der Waals surface area (Å²) in [5, 5.41) is 13.0. The molecule has 1 amide bonds. The molecule has 0 bridgehead atoms. The lowest BCUT2D eigenvalue weighted by Crippen LogP contribution is -2.55. The Kier molecular flexibility index (Phi) is 10.2. The number of ether oxygens (including phenoxy) is 1. The molecule has 2 N–H and O–H groups in total. The van der Waals surface area contributed by atoms with E-state index in [0.717, 1.165) is 19.4 Å². The summed E-state index contributed by atoms with van der Waals surface area (Å²) in [6.07, 6.45) is 0.961. The normalized spacial score (nSPS) is 14.7. The Morgan fingerprint density at radius 3 is 2.45 bits per heavy atom. The summed E-state index contributed by atoms with van der Waals surface area (Å²) < 4.78 is 34.3. The van der Waals surface area contributed by atoms with Crippen LogP contribution in [-0.2, 0) is 4.79 Å². The van der Waals surface area contributed by atoms with Crippen molar-refractivity contribution in [1.82, 2.24) is 15.2 Å². The van der Waals surface area contributed by atoms with E-state index in [-0.39, 0.29) is 22.5 Å². The van der Waals surface area contributed by atoms with Crippen molar-refractivity contribution in [2.75, 3.05) is 27.2 Å². The molecule has 1 aliphatic rings. The van der Waals surface area contributed by atoms with Gasteiger partial charge in [-0.15, -0.1) is 0 Å². The van der Waals surface area contributed by atoms with Gasteiger partial charge in [-0.25, -0.2) is 18.6 Å². The van der Waals surface area contributed by atoms with E-state index in [4.69, 9.17) is 16.3 Å². The maximum absolute atomic E-state index is 14.2. The van der Waals surface area contributed by atoms with Crippen LogP contribution in [0.15, 0.2) is 48.5 Å². The zero-order chi connectivity index (χ0) is 30.4. The third-order valence-corrected chi connectivity index (χ3v) is 7.85. The van der Waals surface area contributed by atoms with Gasteiger partial charge in [-0.3, -0.25) is 4.79 Å². The number of aliphatic carboxylic acids is 1. The van der Waals surface area contributed by atoms with Crippen LogP contribution in [0.25, 0.3) is 22.4 Å². The number of nitrogens with one attached hydrogen (secondary N) is 1. The first-order valence-electron chi connectivity index (χ1n) is 14.0. The molecule has 0 radical (unpaired) electrons. The molecule has 10 heteroatoms. The van der Waals surface area contributed by atoms with Gasteiger partial charge < -0.3 is 20.1 Å². The van der Waals surface area contributed by atoms with Crippen LogP contribution in [0.5, 0.6) is 5.75 Å². The molecule has 7 nitrogen and oxygen atoms in total. The van der Waals surface area contributed by atoms with Crippen LogP contribution in [0.4, 0.5) is 8.78 Å². The van der Waals surface area contributed by atoms with E-state index in [1.54, 1.807) is 43.3 Å². The van der Waals surface area contributed by atoms with Gasteiger partial charge in [-0.1, -0.05) is 54.6 Å². The fourth-order valence-electron chi connectivity index (χ4n) is 5.28. The van der Waals surface area contributed by atoms with E-state index >= 15 is 0 Å². The lowest BCUT2D eigenvalue weighted by atomic mass is 9.81. The van der Waals surface area contributed by atoms with Gasteiger partial charge in [-0.05, 0) is 76.2 Å². The number of aromatic nitrogens is 1. The second kappa shape index (κ2) is 13.6. The van der Waals surface area contributed by atoms with Crippen LogP contribution in [-0.4, -0.2) is 59.7 Å². The van der Waals surface area contributed by atoms with Crippen molar-refractivity contribution < 1.29 is 28.2 Å². The Morgan fingerprint density at radius 1 is 1.07 bits per heavy atom. The molecule has 1 aliphatic carbocycles. The molecule has 2 aromatic carbocycles. The molecule has 42 heavy (non-hydrogen) atoms. The minimum Gasteiger partial charge on any atom is -0.492 e. The van der Waals surface area contributed by atoms with Crippen molar-refractivity contribution in [3.05, 3.63) is 70.4 Å². The molecule has 0 saturated heterocycles. The summed E-state index contributed by atoms with van der Waals surface area (Å²) in [5.74, 6) is -1.32. The van der Waals surface area contributed by atoms with Gasteiger partial charge in [-0.2, -0.15) is 0 Å². The van der Waals surface area contributed by atoms with Crippen LogP contribution < -0.4 is 10.1 Å². The van der Waals surface area contributed by atoms with Gasteiger partial charge in [0.05, 0.1) is 17.3 Å². The highest BCUT2D eigenvalue weighted by Crippen LogP contribution is 2.39. The zero-order valence-electron chi connectivity index (χ0n) is 24.1. The van der Waals surface area contributed by atoms with Gasteiger partial charge in [0.2, 0.25) is 0 Å². The summed E-state index contributed by atoms with van der Waals surface area (Å²) in [7, 11) is 3.93. The number of hydrogen-bond donors (Lipinski definition) is 2. The quantitative estimate of drug-likeness (QED) is 0.227. The number of nitrogens with zero attached hydrogens (tertiary/aromatic N) is 2. The van der Waals surface area contributed by atoms with Gasteiger partial charge in [0.1, 0.15) is 17.0 Å². The fourth-order valence-corrected chi connectivity index (χ4v) is 5.46. The maximum Gasteiger partial charge on any atom is 0.329 e. The molecule has 1 heterocycles. The third-order valence-electron chi connectivity index (χ3n) is 7.54. The highest BCUT2D eigenvalue weighted by molar-refractivity contribution is 6.32. The number of halogens is 3. The Hall–Kier alpha value is -3.56. The van der Waals surface area contributed by atoms with Crippen molar-refractivity contribution >= 4 is 23.5 Å². The topological polar surface area (TPSA) is 91.8 Å². The highest BCUT2D eigenvalue weighted by atomic mass is 35.5. The van der Waals surface area contributed by atoms with Crippen molar-refractivity contribution in [1.29, 1.82) is 0 Å². The van der Waals surface area contributed by atoms with Crippen molar-refractivity contribution in [2.24, 2.45) is 0 Å². The number of pyridine rings is 1. The lowest BCUT2D eigenvalue weighted by molar-refractivity contribution is -0.145.